The van der Waals surface area contributed by atoms with Gasteiger partial charge in [-0.15, -0.1) is 6.58 Å². The maximum absolute atomic E-state index is 4.57. The van der Waals surface area contributed by atoms with Crippen molar-refractivity contribution in [3.05, 3.63) is 48.6 Å². The van der Waals surface area contributed by atoms with E-state index in [1.807, 2.05) is 45.9 Å². The normalized spacial score (nSPS) is 6.88. The lowest BCUT2D eigenvalue weighted by molar-refractivity contribution is 0.234. The van der Waals surface area contributed by atoms with Crippen molar-refractivity contribution in [1.82, 2.24) is 0 Å². The summed E-state index contributed by atoms with van der Waals surface area (Å²) in [4.78, 5) is 0. The van der Waals surface area contributed by atoms with E-state index >= 15 is 0 Å². The molecule has 94 valence electrons. The van der Waals surface area contributed by atoms with Gasteiger partial charge in [-0.25, -0.2) is 0 Å². The van der Waals surface area contributed by atoms with Crippen LogP contribution in [0.2, 0.25) is 0 Å². The maximum Gasteiger partial charge on any atom is 0.0641 e. The standard InChI is InChI=1S/C7H8.C4H8O.2C2H6/c1-7-5-3-2-4-6-7;1-3-4-5-2;2*1-2/h2-6H,1H3;3H,1,4H2,2H3;2*1-2H3. The summed E-state index contributed by atoms with van der Waals surface area (Å²) >= 11 is 0. The Morgan fingerprint density at radius 1 is 1.06 bits per heavy atom. The van der Waals surface area contributed by atoms with E-state index in [1.165, 1.54) is 5.56 Å². The van der Waals surface area contributed by atoms with Crippen molar-refractivity contribution in [2.24, 2.45) is 0 Å². The van der Waals surface area contributed by atoms with Crippen molar-refractivity contribution in [1.29, 1.82) is 0 Å². The number of rotatable bonds is 2. The Morgan fingerprint density at radius 3 is 1.62 bits per heavy atom. The molecule has 16 heavy (non-hydrogen) atoms. The summed E-state index contributed by atoms with van der Waals surface area (Å²) in [5.41, 5.74) is 1.32. The van der Waals surface area contributed by atoms with E-state index in [1.54, 1.807) is 13.2 Å². The average molecular weight is 224 g/mol. The summed E-state index contributed by atoms with van der Waals surface area (Å²) in [6, 6.07) is 10.3. The van der Waals surface area contributed by atoms with Crippen LogP contribution in [-0.2, 0) is 4.74 Å². The number of benzene rings is 1. The van der Waals surface area contributed by atoms with E-state index in [2.05, 4.69) is 30.4 Å². The van der Waals surface area contributed by atoms with Crippen LogP contribution in [0, 0.1) is 6.92 Å². The predicted molar refractivity (Wildman–Crippen MR) is 75.9 cm³/mol. The van der Waals surface area contributed by atoms with Crippen LogP contribution in [0.5, 0.6) is 0 Å². The first kappa shape index (κ1) is 20.3. The average Bonchev–Trinajstić information content (AvgIpc) is 2.37. The molecule has 1 nitrogen and oxygen atoms in total. The molecular formula is C15H28O. The van der Waals surface area contributed by atoms with Gasteiger partial charge in [0, 0.05) is 7.11 Å². The highest BCUT2D eigenvalue weighted by atomic mass is 16.5. The Bertz CT molecular complexity index is 192. The Morgan fingerprint density at radius 2 is 1.50 bits per heavy atom. The van der Waals surface area contributed by atoms with Crippen molar-refractivity contribution in [2.75, 3.05) is 13.7 Å². The molecule has 0 saturated heterocycles. The third-order valence-electron chi connectivity index (χ3n) is 1.22. The van der Waals surface area contributed by atoms with Crippen LogP contribution < -0.4 is 0 Å². The summed E-state index contributed by atoms with van der Waals surface area (Å²) in [7, 11) is 1.64. The number of aryl methyl sites for hydroxylation is 1. The van der Waals surface area contributed by atoms with Gasteiger partial charge in [-0.05, 0) is 6.92 Å². The SMILES string of the molecule is C=CCOC.CC.CC.Cc1ccccc1. The van der Waals surface area contributed by atoms with E-state index in [9.17, 15) is 0 Å². The van der Waals surface area contributed by atoms with Gasteiger partial charge in [0.05, 0.1) is 6.61 Å². The van der Waals surface area contributed by atoms with Crippen LogP contribution in [0.4, 0.5) is 0 Å². The molecule has 0 unspecified atom stereocenters. The summed E-state index contributed by atoms with van der Waals surface area (Å²) in [6.45, 7) is 14.2. The highest BCUT2D eigenvalue weighted by Gasteiger charge is 1.72. The summed E-state index contributed by atoms with van der Waals surface area (Å²) in [6.07, 6.45) is 1.71. The second-order valence-electron chi connectivity index (χ2n) is 2.40. The fourth-order valence-corrected chi connectivity index (χ4v) is 0.652. The molecule has 0 heterocycles. The summed E-state index contributed by atoms with van der Waals surface area (Å²) < 4.78 is 4.57. The molecule has 0 spiro atoms. The second-order valence-corrected chi connectivity index (χ2v) is 2.40. The largest absolute Gasteiger partial charge is 0.381 e. The minimum Gasteiger partial charge on any atom is -0.381 e. The number of hydrogen-bond donors (Lipinski definition) is 0. The molecule has 0 aromatic heterocycles. The van der Waals surface area contributed by atoms with Crippen LogP contribution in [-0.4, -0.2) is 13.7 Å². The van der Waals surface area contributed by atoms with Crippen LogP contribution >= 0.6 is 0 Å². The predicted octanol–water partition coefficient (Wildman–Crippen LogP) is 4.87. The molecule has 0 amide bonds. The Hall–Kier alpha value is -1.08. The molecule has 1 rings (SSSR count). The Kier molecular flexibility index (Phi) is 30.0. The van der Waals surface area contributed by atoms with Gasteiger partial charge in [0.25, 0.3) is 0 Å². The van der Waals surface area contributed by atoms with Crippen LogP contribution in [0.3, 0.4) is 0 Å². The molecular weight excluding hydrogens is 196 g/mol. The van der Waals surface area contributed by atoms with Gasteiger partial charge in [-0.1, -0.05) is 69.7 Å². The van der Waals surface area contributed by atoms with Gasteiger partial charge in [0.1, 0.15) is 0 Å². The molecule has 0 bridgehead atoms. The molecule has 0 N–H and O–H groups in total. The van der Waals surface area contributed by atoms with Crippen molar-refractivity contribution in [2.45, 2.75) is 34.6 Å². The molecule has 1 aromatic rings. The number of ether oxygens (including phenoxy) is 1. The molecule has 0 aliphatic rings. The zero-order chi connectivity index (χ0) is 13.2. The minimum atomic E-state index is 0.653. The monoisotopic (exact) mass is 224 g/mol. The van der Waals surface area contributed by atoms with Gasteiger partial charge in [0.15, 0.2) is 0 Å². The lowest BCUT2D eigenvalue weighted by Crippen LogP contribution is -1.76. The van der Waals surface area contributed by atoms with Crippen LogP contribution in [0.15, 0.2) is 43.0 Å². The first-order valence-electron chi connectivity index (χ1n) is 5.92. The third kappa shape index (κ3) is 23.1. The topological polar surface area (TPSA) is 9.23 Å². The molecule has 0 aliphatic carbocycles. The summed E-state index contributed by atoms with van der Waals surface area (Å²) in [5.74, 6) is 0. The molecule has 1 heteroatoms. The lowest BCUT2D eigenvalue weighted by Gasteiger charge is -1.82. The van der Waals surface area contributed by atoms with Crippen LogP contribution in [0.25, 0.3) is 0 Å². The molecule has 0 atom stereocenters. The van der Waals surface area contributed by atoms with Gasteiger partial charge < -0.3 is 4.74 Å². The zero-order valence-corrected chi connectivity index (χ0v) is 11.8. The lowest BCUT2D eigenvalue weighted by atomic mass is 10.2. The molecule has 0 saturated carbocycles. The molecule has 0 aliphatic heterocycles. The van der Waals surface area contributed by atoms with E-state index in [4.69, 9.17) is 0 Å². The second kappa shape index (κ2) is 23.6. The first-order valence-corrected chi connectivity index (χ1v) is 5.92. The minimum absolute atomic E-state index is 0.653. The fourth-order valence-electron chi connectivity index (χ4n) is 0.652. The third-order valence-corrected chi connectivity index (χ3v) is 1.22. The van der Waals surface area contributed by atoms with Gasteiger partial charge in [-0.3, -0.25) is 0 Å². The van der Waals surface area contributed by atoms with E-state index in [-0.39, 0.29) is 0 Å². The van der Waals surface area contributed by atoms with Crippen molar-refractivity contribution in [3.8, 4) is 0 Å². The molecule has 1 aromatic carbocycles. The number of hydrogen-bond acceptors (Lipinski definition) is 1. The van der Waals surface area contributed by atoms with E-state index in [0.717, 1.165) is 0 Å². The first-order chi connectivity index (χ1) is 7.81. The van der Waals surface area contributed by atoms with Crippen LogP contribution in [0.1, 0.15) is 33.3 Å². The summed E-state index contributed by atoms with van der Waals surface area (Å²) in [5, 5.41) is 0. The maximum atomic E-state index is 4.57. The molecule has 0 radical (unpaired) electrons. The van der Waals surface area contributed by atoms with E-state index in [0.29, 0.717) is 6.61 Å². The highest BCUT2D eigenvalue weighted by Crippen LogP contribution is 1.92. The van der Waals surface area contributed by atoms with E-state index < -0.39 is 0 Å². The van der Waals surface area contributed by atoms with Crippen molar-refractivity contribution < 1.29 is 4.74 Å². The molecule has 0 fully saturated rings. The highest BCUT2D eigenvalue weighted by molar-refractivity contribution is 5.11. The smallest absolute Gasteiger partial charge is 0.0641 e. The van der Waals surface area contributed by atoms with Crippen molar-refractivity contribution >= 4 is 0 Å². The van der Waals surface area contributed by atoms with Gasteiger partial charge >= 0.3 is 0 Å². The van der Waals surface area contributed by atoms with Gasteiger partial charge in [-0.2, -0.15) is 0 Å². The Labute approximate surface area is 102 Å². The van der Waals surface area contributed by atoms with Gasteiger partial charge in [0.2, 0.25) is 0 Å². The quantitative estimate of drug-likeness (QED) is 0.651. The van der Waals surface area contributed by atoms with Crippen molar-refractivity contribution in [3.63, 3.8) is 0 Å². The fraction of sp³-hybridized carbons (Fsp3) is 0.467. The zero-order valence-electron chi connectivity index (χ0n) is 11.8. The Balaban J connectivity index is -0.000000167. The number of methoxy groups -OCH3 is 1.